The lowest BCUT2D eigenvalue weighted by molar-refractivity contribution is -0.136. The van der Waals surface area contributed by atoms with Crippen molar-refractivity contribution in [2.75, 3.05) is 25.1 Å². The molecule has 4 rings (SSSR count). The molecule has 238 valence electrons. The third kappa shape index (κ3) is 8.69. The van der Waals surface area contributed by atoms with Crippen LogP contribution in [0.2, 0.25) is 0 Å². The van der Waals surface area contributed by atoms with Crippen molar-refractivity contribution in [1.82, 2.24) is 5.43 Å². The highest BCUT2D eigenvalue weighted by Crippen LogP contribution is 2.40. The van der Waals surface area contributed by atoms with Gasteiger partial charge in [0.05, 0.1) is 37.2 Å². The van der Waals surface area contributed by atoms with E-state index >= 15 is 0 Å². The summed E-state index contributed by atoms with van der Waals surface area (Å²) in [5.41, 5.74) is 4.25. The second-order valence-corrected chi connectivity index (χ2v) is 11.4. The molecule has 2 amide bonds. The zero-order valence-corrected chi connectivity index (χ0v) is 26.6. The van der Waals surface area contributed by atoms with E-state index in [1.54, 1.807) is 56.3 Å². The lowest BCUT2D eigenvalue weighted by Gasteiger charge is -2.18. The number of nitrogens with one attached hydrogen (secondary N) is 2. The van der Waals surface area contributed by atoms with Gasteiger partial charge in [-0.15, -0.1) is 11.3 Å². The molecule has 0 aliphatic heterocycles. The van der Waals surface area contributed by atoms with Gasteiger partial charge in [-0.3, -0.25) is 9.59 Å². The van der Waals surface area contributed by atoms with Crippen LogP contribution in [0, 0.1) is 5.92 Å². The molecule has 1 aliphatic rings. The number of anilines is 1. The Morgan fingerprint density at radius 3 is 2.44 bits per heavy atom. The van der Waals surface area contributed by atoms with Crippen molar-refractivity contribution in [1.29, 1.82) is 0 Å². The first kappa shape index (κ1) is 33.2. The SMILES string of the molecule is CCCOc1ccc(C(=O)Oc2ccc(/C=N\NC(=O)C(=O)Nc3sc4c(c3C(=O)OCC)CC[C@H](C)C4)cc2OCC)cc1. The van der Waals surface area contributed by atoms with Gasteiger partial charge in [-0.05, 0) is 99.0 Å². The topological polar surface area (TPSA) is 142 Å². The highest BCUT2D eigenvalue weighted by molar-refractivity contribution is 7.17. The summed E-state index contributed by atoms with van der Waals surface area (Å²) in [4.78, 5) is 51.7. The van der Waals surface area contributed by atoms with Crippen molar-refractivity contribution in [3.05, 3.63) is 69.6 Å². The minimum absolute atomic E-state index is 0.194. The van der Waals surface area contributed by atoms with Gasteiger partial charge in [0, 0.05) is 4.88 Å². The Morgan fingerprint density at radius 2 is 1.73 bits per heavy atom. The van der Waals surface area contributed by atoms with Crippen LogP contribution >= 0.6 is 11.3 Å². The monoisotopic (exact) mass is 635 g/mol. The molecule has 2 aromatic carbocycles. The molecule has 2 N–H and O–H groups in total. The highest BCUT2D eigenvalue weighted by Gasteiger charge is 2.30. The highest BCUT2D eigenvalue weighted by atomic mass is 32.1. The minimum atomic E-state index is -1.01. The van der Waals surface area contributed by atoms with Gasteiger partial charge in [0.1, 0.15) is 10.8 Å². The molecular formula is C33H37N3O8S. The van der Waals surface area contributed by atoms with E-state index in [9.17, 15) is 19.2 Å². The Hall–Kier alpha value is -4.71. The first-order valence-corrected chi connectivity index (χ1v) is 15.7. The maximum absolute atomic E-state index is 12.7. The molecule has 0 unspecified atom stereocenters. The average molecular weight is 636 g/mol. The van der Waals surface area contributed by atoms with Crippen LogP contribution in [-0.2, 0) is 27.2 Å². The molecule has 1 heterocycles. The van der Waals surface area contributed by atoms with Crippen LogP contribution in [0.4, 0.5) is 5.00 Å². The van der Waals surface area contributed by atoms with E-state index in [-0.39, 0.29) is 12.4 Å². The Balaban J connectivity index is 1.39. The molecule has 0 radical (unpaired) electrons. The molecule has 0 saturated heterocycles. The average Bonchev–Trinajstić information content (AvgIpc) is 3.38. The Bertz CT molecular complexity index is 1560. The molecule has 45 heavy (non-hydrogen) atoms. The fraction of sp³-hybridized carbons (Fsp3) is 0.364. The molecular weight excluding hydrogens is 598 g/mol. The summed E-state index contributed by atoms with van der Waals surface area (Å²) < 4.78 is 22.0. The molecule has 0 spiro atoms. The zero-order chi connectivity index (χ0) is 32.3. The number of esters is 2. The standard InChI is InChI=1S/C33H37N3O8S/c1-5-16-43-23-12-10-22(11-13-23)32(39)44-25-15-9-21(18-26(25)41-6-2)19-34-36-30(38)29(37)35-31-28(33(40)42-7-3)24-14-8-20(4)17-27(24)45-31/h9-13,15,18-20H,5-8,14,16-17H2,1-4H3,(H,35,37)(H,36,38)/b34-19-/t20-/m0/s1. The maximum Gasteiger partial charge on any atom is 0.343 e. The molecule has 0 bridgehead atoms. The van der Waals surface area contributed by atoms with E-state index in [1.165, 1.54) is 17.6 Å². The van der Waals surface area contributed by atoms with Gasteiger partial charge < -0.3 is 24.3 Å². The van der Waals surface area contributed by atoms with Crippen molar-refractivity contribution >= 4 is 46.3 Å². The molecule has 3 aromatic rings. The van der Waals surface area contributed by atoms with E-state index in [4.69, 9.17) is 18.9 Å². The zero-order valence-electron chi connectivity index (χ0n) is 25.8. The van der Waals surface area contributed by atoms with Crippen LogP contribution in [-0.4, -0.2) is 49.8 Å². The molecule has 0 saturated carbocycles. The lowest BCUT2D eigenvalue weighted by atomic mass is 9.88. The Morgan fingerprint density at radius 1 is 0.956 bits per heavy atom. The third-order valence-electron chi connectivity index (χ3n) is 6.84. The number of thiophene rings is 1. The Labute approximate surface area is 265 Å². The number of nitrogens with zero attached hydrogens (tertiary/aromatic N) is 1. The van der Waals surface area contributed by atoms with Crippen molar-refractivity contribution in [2.24, 2.45) is 11.0 Å². The predicted octanol–water partition coefficient (Wildman–Crippen LogP) is 5.55. The number of benzene rings is 2. The van der Waals surface area contributed by atoms with Gasteiger partial charge in [0.2, 0.25) is 0 Å². The number of carbonyl (C=O) groups excluding carboxylic acids is 4. The fourth-order valence-electron chi connectivity index (χ4n) is 4.66. The van der Waals surface area contributed by atoms with Gasteiger partial charge in [-0.2, -0.15) is 5.10 Å². The molecule has 11 nitrogen and oxygen atoms in total. The van der Waals surface area contributed by atoms with E-state index in [2.05, 4.69) is 22.8 Å². The molecule has 12 heteroatoms. The number of fused-ring (bicyclic) bond motifs is 1. The molecule has 1 aliphatic carbocycles. The van der Waals surface area contributed by atoms with Crippen LogP contribution in [0.15, 0.2) is 47.6 Å². The lowest BCUT2D eigenvalue weighted by Crippen LogP contribution is -2.32. The summed E-state index contributed by atoms with van der Waals surface area (Å²) in [5, 5.41) is 6.75. The third-order valence-corrected chi connectivity index (χ3v) is 8.01. The normalized spacial score (nSPS) is 13.9. The summed E-state index contributed by atoms with van der Waals surface area (Å²) >= 11 is 1.29. The van der Waals surface area contributed by atoms with Crippen LogP contribution in [0.1, 0.15) is 77.3 Å². The van der Waals surface area contributed by atoms with Crippen molar-refractivity contribution < 1.29 is 38.1 Å². The van der Waals surface area contributed by atoms with Gasteiger partial charge in [-0.25, -0.2) is 15.0 Å². The van der Waals surface area contributed by atoms with Crippen LogP contribution in [0.25, 0.3) is 0 Å². The van der Waals surface area contributed by atoms with E-state index in [1.807, 2.05) is 6.92 Å². The summed E-state index contributed by atoms with van der Waals surface area (Å²) in [6.45, 7) is 8.74. The molecule has 1 atom stereocenters. The van der Waals surface area contributed by atoms with Crippen molar-refractivity contribution in [3.8, 4) is 17.2 Å². The summed E-state index contributed by atoms with van der Waals surface area (Å²) in [7, 11) is 0. The number of ether oxygens (including phenoxy) is 4. The van der Waals surface area contributed by atoms with Crippen LogP contribution in [0.3, 0.4) is 0 Å². The number of amides is 2. The Kier molecular flexibility index (Phi) is 11.7. The van der Waals surface area contributed by atoms with Crippen molar-refractivity contribution in [3.63, 3.8) is 0 Å². The van der Waals surface area contributed by atoms with Crippen LogP contribution in [0.5, 0.6) is 17.2 Å². The quantitative estimate of drug-likeness (QED) is 0.0868. The second kappa shape index (κ2) is 15.8. The number of hydrogen-bond donors (Lipinski definition) is 2. The van der Waals surface area contributed by atoms with Gasteiger partial charge in [0.25, 0.3) is 0 Å². The van der Waals surface area contributed by atoms with E-state index in [0.717, 1.165) is 29.7 Å². The smallest absolute Gasteiger partial charge is 0.343 e. The minimum Gasteiger partial charge on any atom is -0.494 e. The first-order valence-electron chi connectivity index (χ1n) is 14.9. The summed E-state index contributed by atoms with van der Waals surface area (Å²) in [5.74, 6) is -1.44. The van der Waals surface area contributed by atoms with Gasteiger partial charge in [-0.1, -0.05) is 13.8 Å². The number of carbonyl (C=O) groups is 4. The van der Waals surface area contributed by atoms with Crippen LogP contribution < -0.4 is 25.0 Å². The van der Waals surface area contributed by atoms with Gasteiger partial charge in [0.15, 0.2) is 11.5 Å². The van der Waals surface area contributed by atoms with E-state index in [0.29, 0.717) is 58.7 Å². The fourth-order valence-corrected chi connectivity index (χ4v) is 6.05. The molecule has 0 fully saturated rings. The second-order valence-electron chi connectivity index (χ2n) is 10.3. The number of hydrogen-bond acceptors (Lipinski definition) is 10. The van der Waals surface area contributed by atoms with Gasteiger partial charge >= 0.3 is 23.8 Å². The number of hydrazone groups is 1. The largest absolute Gasteiger partial charge is 0.494 e. The maximum atomic E-state index is 12.7. The van der Waals surface area contributed by atoms with E-state index < -0.39 is 23.8 Å². The summed E-state index contributed by atoms with van der Waals surface area (Å²) in [6.07, 6.45) is 4.63. The predicted molar refractivity (Wildman–Crippen MR) is 171 cm³/mol. The molecule has 1 aromatic heterocycles. The first-order chi connectivity index (χ1) is 21.7. The summed E-state index contributed by atoms with van der Waals surface area (Å²) in [6, 6.07) is 11.4. The van der Waals surface area contributed by atoms with Crippen molar-refractivity contribution in [2.45, 2.75) is 53.4 Å². The number of rotatable bonds is 12.